The summed E-state index contributed by atoms with van der Waals surface area (Å²) in [6, 6.07) is 0.179. The molecule has 1 aromatic heterocycles. The number of H-pyrrole nitrogens is 1. The molecule has 4 rings (SSSR count). The van der Waals surface area contributed by atoms with Crippen LogP contribution in [-0.2, 0) is 6.42 Å². The molecule has 0 radical (unpaired) electrons. The van der Waals surface area contributed by atoms with Gasteiger partial charge in [0.2, 0.25) is 0 Å². The van der Waals surface area contributed by atoms with Gasteiger partial charge in [-0.3, -0.25) is 4.79 Å². The second-order valence-corrected chi connectivity index (χ2v) is 6.81. The number of aromatic nitrogens is 1. The SMILES string of the molecule is O=C1CC(CO)Cc2[nH]c(C3=CCNC=C3)c(NC3C=CC=CC3)c21. The molecule has 2 heterocycles. The van der Waals surface area contributed by atoms with Gasteiger partial charge in [-0.05, 0) is 36.6 Å². The highest BCUT2D eigenvalue weighted by molar-refractivity contribution is 6.06. The second kappa shape index (κ2) is 6.76. The third-order valence-corrected chi connectivity index (χ3v) is 5.00. The van der Waals surface area contributed by atoms with Crippen molar-refractivity contribution >= 4 is 17.0 Å². The number of aliphatic hydroxyl groups excluding tert-OH is 1. The Hall–Kier alpha value is -2.53. The molecule has 2 unspecified atom stereocenters. The minimum Gasteiger partial charge on any atom is -0.396 e. The number of Topliss-reactive ketones (excluding diaryl/α,β-unsaturated/α-hetero) is 1. The summed E-state index contributed by atoms with van der Waals surface area (Å²) in [4.78, 5) is 16.2. The lowest BCUT2D eigenvalue weighted by molar-refractivity contribution is 0.0919. The molecule has 2 atom stereocenters. The third-order valence-electron chi connectivity index (χ3n) is 5.00. The van der Waals surface area contributed by atoms with Gasteiger partial charge < -0.3 is 20.7 Å². The summed E-state index contributed by atoms with van der Waals surface area (Å²) in [6.45, 7) is 0.819. The molecule has 0 fully saturated rings. The van der Waals surface area contributed by atoms with Gasteiger partial charge in [-0.25, -0.2) is 0 Å². The predicted molar refractivity (Wildman–Crippen MR) is 99.4 cm³/mol. The zero-order chi connectivity index (χ0) is 17.2. The molecule has 25 heavy (non-hydrogen) atoms. The molecular formula is C20H23N3O2. The molecule has 4 N–H and O–H groups in total. The van der Waals surface area contributed by atoms with E-state index in [0.29, 0.717) is 12.8 Å². The molecule has 3 aliphatic rings. The van der Waals surface area contributed by atoms with Gasteiger partial charge in [0.25, 0.3) is 0 Å². The molecule has 2 aliphatic carbocycles. The van der Waals surface area contributed by atoms with Crippen LogP contribution in [0.4, 0.5) is 5.69 Å². The predicted octanol–water partition coefficient (Wildman–Crippen LogP) is 2.55. The Kier molecular flexibility index (Phi) is 4.32. The van der Waals surface area contributed by atoms with E-state index in [2.05, 4.69) is 33.8 Å². The summed E-state index contributed by atoms with van der Waals surface area (Å²) in [5.74, 6) is 0.119. The highest BCUT2D eigenvalue weighted by Gasteiger charge is 2.32. The normalized spacial score (nSPS) is 24.7. The fourth-order valence-corrected chi connectivity index (χ4v) is 3.74. The molecule has 1 aromatic rings. The van der Waals surface area contributed by atoms with Gasteiger partial charge in [0.15, 0.2) is 5.78 Å². The molecule has 0 saturated heterocycles. The van der Waals surface area contributed by atoms with Crippen molar-refractivity contribution in [3.63, 3.8) is 0 Å². The molecule has 0 saturated carbocycles. The van der Waals surface area contributed by atoms with E-state index < -0.39 is 0 Å². The minimum atomic E-state index is 0.00871. The number of anilines is 1. The number of nitrogens with one attached hydrogen (secondary N) is 3. The topological polar surface area (TPSA) is 77.1 Å². The number of carbonyl (C=O) groups excluding carboxylic acids is 1. The first-order valence-corrected chi connectivity index (χ1v) is 8.85. The lowest BCUT2D eigenvalue weighted by Gasteiger charge is -2.22. The number of fused-ring (bicyclic) bond motifs is 1. The van der Waals surface area contributed by atoms with Gasteiger partial charge in [-0.2, -0.15) is 0 Å². The minimum absolute atomic E-state index is 0.00871. The van der Waals surface area contributed by atoms with E-state index in [-0.39, 0.29) is 24.3 Å². The Morgan fingerprint density at radius 2 is 2.20 bits per heavy atom. The van der Waals surface area contributed by atoms with Crippen molar-refractivity contribution in [1.82, 2.24) is 10.3 Å². The molecule has 0 bridgehead atoms. The summed E-state index contributed by atoms with van der Waals surface area (Å²) >= 11 is 0. The number of rotatable bonds is 4. The number of hydrogen-bond acceptors (Lipinski definition) is 4. The van der Waals surface area contributed by atoms with Crippen LogP contribution in [0.1, 0.15) is 34.6 Å². The Bertz CT molecular complexity index is 798. The van der Waals surface area contributed by atoms with Gasteiger partial charge in [-0.1, -0.05) is 30.4 Å². The summed E-state index contributed by atoms with van der Waals surface area (Å²) in [5.41, 5.74) is 4.67. The van der Waals surface area contributed by atoms with Crippen LogP contribution in [-0.4, -0.2) is 35.1 Å². The van der Waals surface area contributed by atoms with Crippen LogP contribution >= 0.6 is 0 Å². The molecule has 5 heteroatoms. The molecule has 5 nitrogen and oxygen atoms in total. The summed E-state index contributed by atoms with van der Waals surface area (Å²) < 4.78 is 0. The second-order valence-electron chi connectivity index (χ2n) is 6.81. The standard InChI is InChI=1S/C20H23N3O2/c24-12-13-10-16-18(17(25)11-13)20(22-15-4-2-1-3-5-15)19(23-16)14-6-8-21-9-7-14/h1-4,6-8,13,15,21-24H,5,9-12H2. The van der Waals surface area contributed by atoms with E-state index in [9.17, 15) is 9.90 Å². The largest absolute Gasteiger partial charge is 0.396 e. The van der Waals surface area contributed by atoms with Gasteiger partial charge in [-0.15, -0.1) is 0 Å². The molecule has 0 aromatic carbocycles. The van der Waals surface area contributed by atoms with E-state index in [1.165, 1.54) is 0 Å². The number of carbonyl (C=O) groups is 1. The monoisotopic (exact) mass is 337 g/mol. The first-order chi connectivity index (χ1) is 12.3. The summed E-state index contributed by atoms with van der Waals surface area (Å²) in [7, 11) is 0. The van der Waals surface area contributed by atoms with Crippen LogP contribution in [0.5, 0.6) is 0 Å². The fraction of sp³-hybridized carbons (Fsp3) is 0.350. The van der Waals surface area contributed by atoms with Crippen LogP contribution in [0, 0.1) is 5.92 Å². The average Bonchev–Trinajstić information content (AvgIpc) is 3.02. The van der Waals surface area contributed by atoms with Crippen LogP contribution < -0.4 is 10.6 Å². The van der Waals surface area contributed by atoms with Crippen molar-refractivity contribution in [2.45, 2.75) is 25.3 Å². The number of aromatic amines is 1. The lowest BCUT2D eigenvalue weighted by Crippen LogP contribution is -2.24. The fourth-order valence-electron chi connectivity index (χ4n) is 3.74. The van der Waals surface area contributed by atoms with Crippen molar-refractivity contribution in [3.8, 4) is 0 Å². The third kappa shape index (κ3) is 3.07. The van der Waals surface area contributed by atoms with Crippen LogP contribution in [0.25, 0.3) is 5.57 Å². The lowest BCUT2D eigenvalue weighted by atomic mass is 9.86. The van der Waals surface area contributed by atoms with E-state index in [1.807, 2.05) is 24.4 Å². The van der Waals surface area contributed by atoms with Crippen molar-refractivity contribution in [2.24, 2.45) is 5.92 Å². The Morgan fingerprint density at radius 1 is 1.28 bits per heavy atom. The first kappa shape index (κ1) is 16.0. The van der Waals surface area contributed by atoms with Crippen LogP contribution in [0.2, 0.25) is 0 Å². The van der Waals surface area contributed by atoms with E-state index in [0.717, 1.165) is 41.2 Å². The van der Waals surface area contributed by atoms with Gasteiger partial charge in [0.05, 0.1) is 16.9 Å². The van der Waals surface area contributed by atoms with E-state index >= 15 is 0 Å². The van der Waals surface area contributed by atoms with Crippen molar-refractivity contribution in [2.75, 3.05) is 18.5 Å². The zero-order valence-corrected chi connectivity index (χ0v) is 14.1. The zero-order valence-electron chi connectivity index (χ0n) is 14.1. The number of hydrogen-bond donors (Lipinski definition) is 4. The number of dihydropyridines is 1. The van der Waals surface area contributed by atoms with Crippen LogP contribution in [0.15, 0.2) is 42.7 Å². The Morgan fingerprint density at radius 3 is 2.92 bits per heavy atom. The van der Waals surface area contributed by atoms with Gasteiger partial charge >= 0.3 is 0 Å². The average molecular weight is 337 g/mol. The Balaban J connectivity index is 1.76. The van der Waals surface area contributed by atoms with Gasteiger partial charge in [0, 0.05) is 31.3 Å². The highest BCUT2D eigenvalue weighted by Crippen LogP contribution is 2.37. The summed E-state index contributed by atoms with van der Waals surface area (Å²) in [6.07, 6.45) is 16.4. The maximum atomic E-state index is 12.8. The van der Waals surface area contributed by atoms with Crippen LogP contribution in [0.3, 0.4) is 0 Å². The first-order valence-electron chi connectivity index (χ1n) is 8.85. The Labute approximate surface area is 147 Å². The molecule has 130 valence electrons. The maximum Gasteiger partial charge on any atom is 0.167 e. The van der Waals surface area contributed by atoms with E-state index in [4.69, 9.17) is 0 Å². The number of aliphatic hydroxyl groups is 1. The molecular weight excluding hydrogens is 314 g/mol. The quantitative estimate of drug-likeness (QED) is 0.681. The molecule has 0 amide bonds. The number of ketones is 1. The summed E-state index contributed by atoms with van der Waals surface area (Å²) in [5, 5.41) is 16.2. The van der Waals surface area contributed by atoms with Crippen molar-refractivity contribution in [1.29, 1.82) is 0 Å². The smallest absolute Gasteiger partial charge is 0.167 e. The van der Waals surface area contributed by atoms with Crippen molar-refractivity contribution < 1.29 is 9.90 Å². The maximum absolute atomic E-state index is 12.8. The number of allylic oxidation sites excluding steroid dienone is 4. The molecule has 0 spiro atoms. The highest BCUT2D eigenvalue weighted by atomic mass is 16.3. The van der Waals surface area contributed by atoms with E-state index in [1.54, 1.807) is 0 Å². The molecule has 1 aliphatic heterocycles. The van der Waals surface area contributed by atoms with Gasteiger partial charge in [0.1, 0.15) is 0 Å². The van der Waals surface area contributed by atoms with Crippen molar-refractivity contribution in [3.05, 3.63) is 59.6 Å².